The van der Waals surface area contributed by atoms with Crippen LogP contribution in [-0.4, -0.2) is 26.4 Å². The van der Waals surface area contributed by atoms with Gasteiger partial charge in [-0.3, -0.25) is 5.10 Å². The maximum atomic E-state index is 11.0. The van der Waals surface area contributed by atoms with Crippen molar-refractivity contribution >= 4 is 5.97 Å². The van der Waals surface area contributed by atoms with E-state index < -0.39 is 11.6 Å². The lowest BCUT2D eigenvalue weighted by Crippen LogP contribution is -2.22. The van der Waals surface area contributed by atoms with Crippen molar-refractivity contribution in [1.82, 2.24) is 10.2 Å². The lowest BCUT2D eigenvalue weighted by atomic mass is 9.85. The number of aromatic nitrogens is 2. The largest absolute Gasteiger partial charge is 0.476 e. The monoisotopic (exact) mass is 208 g/mol. The van der Waals surface area contributed by atoms with E-state index in [2.05, 4.69) is 10.2 Å². The molecule has 3 N–H and O–H groups in total. The van der Waals surface area contributed by atoms with Gasteiger partial charge in [0.15, 0.2) is 5.69 Å². The summed E-state index contributed by atoms with van der Waals surface area (Å²) in [5, 5.41) is 25.9. The molecule has 1 heterocycles. The molecule has 15 heavy (non-hydrogen) atoms. The summed E-state index contributed by atoms with van der Waals surface area (Å²) in [5.74, 6) is -1.07. The molecular formula is C10H12N2O3. The predicted molar refractivity (Wildman–Crippen MR) is 50.6 cm³/mol. The van der Waals surface area contributed by atoms with Crippen LogP contribution in [0.25, 0.3) is 0 Å². The molecule has 0 aliphatic heterocycles. The minimum absolute atomic E-state index is 0.0177. The molecule has 0 amide bonds. The first-order valence-corrected chi connectivity index (χ1v) is 5.01. The molecular weight excluding hydrogens is 196 g/mol. The molecule has 2 aliphatic rings. The number of rotatable bonds is 1. The zero-order valence-corrected chi connectivity index (χ0v) is 8.37. The van der Waals surface area contributed by atoms with Crippen LogP contribution in [0.2, 0.25) is 0 Å². The number of aromatic carboxylic acids is 1. The van der Waals surface area contributed by atoms with Gasteiger partial charge in [0, 0.05) is 16.7 Å². The Kier molecular flexibility index (Phi) is 1.33. The number of aliphatic hydroxyl groups is 1. The van der Waals surface area contributed by atoms with E-state index in [9.17, 15) is 9.90 Å². The Bertz CT molecular complexity index is 467. The van der Waals surface area contributed by atoms with Crippen molar-refractivity contribution in [3.63, 3.8) is 0 Å². The topological polar surface area (TPSA) is 86.2 Å². The molecule has 0 spiro atoms. The molecule has 1 aromatic heterocycles. The third-order valence-corrected chi connectivity index (χ3v) is 3.81. The summed E-state index contributed by atoms with van der Waals surface area (Å²) in [7, 11) is 0. The summed E-state index contributed by atoms with van der Waals surface area (Å²) in [6.45, 7) is 2.04. The van der Waals surface area contributed by atoms with Gasteiger partial charge in [-0.15, -0.1) is 0 Å². The summed E-state index contributed by atoms with van der Waals surface area (Å²) in [4.78, 5) is 11.0. The second kappa shape index (κ2) is 2.24. The van der Waals surface area contributed by atoms with E-state index in [1.807, 2.05) is 6.92 Å². The molecule has 2 aliphatic carbocycles. The Morgan fingerprint density at radius 1 is 1.53 bits per heavy atom. The number of carboxylic acid groups (broad SMARTS) is 1. The number of carboxylic acids is 1. The highest BCUT2D eigenvalue weighted by Gasteiger charge is 2.58. The van der Waals surface area contributed by atoms with E-state index in [1.165, 1.54) is 0 Å². The molecule has 0 saturated heterocycles. The Labute approximate surface area is 86.1 Å². The fourth-order valence-corrected chi connectivity index (χ4v) is 3.12. The number of aromatic amines is 1. The van der Waals surface area contributed by atoms with Crippen LogP contribution in [0.4, 0.5) is 0 Å². The molecule has 0 aromatic carbocycles. The summed E-state index contributed by atoms with van der Waals surface area (Å²) >= 11 is 0. The summed E-state index contributed by atoms with van der Waals surface area (Å²) < 4.78 is 0. The average Bonchev–Trinajstić information content (AvgIpc) is 2.72. The van der Waals surface area contributed by atoms with E-state index in [0.29, 0.717) is 18.4 Å². The second-order valence-electron chi connectivity index (χ2n) is 4.90. The predicted octanol–water partition coefficient (Wildman–Crippen LogP) is 0.751. The second-order valence-corrected chi connectivity index (χ2v) is 4.90. The molecule has 1 saturated carbocycles. The molecule has 1 aromatic rings. The van der Waals surface area contributed by atoms with Gasteiger partial charge in [0.05, 0.1) is 5.60 Å². The fourth-order valence-electron chi connectivity index (χ4n) is 3.12. The smallest absolute Gasteiger partial charge is 0.356 e. The van der Waals surface area contributed by atoms with Gasteiger partial charge >= 0.3 is 5.97 Å². The zero-order valence-electron chi connectivity index (χ0n) is 8.37. The zero-order chi connectivity index (χ0) is 10.8. The van der Waals surface area contributed by atoms with Gasteiger partial charge in [-0.25, -0.2) is 4.79 Å². The molecule has 2 atom stereocenters. The molecule has 0 radical (unpaired) electrons. The normalized spacial score (nSPS) is 36.9. The lowest BCUT2D eigenvalue weighted by Gasteiger charge is -2.21. The molecule has 1 fully saturated rings. The third kappa shape index (κ3) is 0.866. The van der Waals surface area contributed by atoms with Crippen LogP contribution in [-0.2, 0) is 11.0 Å². The first kappa shape index (κ1) is 8.91. The van der Waals surface area contributed by atoms with E-state index in [4.69, 9.17) is 5.11 Å². The standard InChI is InChI=1S/C10H12N2O3/c1-9-2-3-10(15,4-9)5-6(8(13)14)11-12-7(5)9/h15H,2-4H2,1H3,(H,11,12)(H,13,14). The molecule has 80 valence electrons. The van der Waals surface area contributed by atoms with Gasteiger partial charge in [0.2, 0.25) is 0 Å². The van der Waals surface area contributed by atoms with Crippen LogP contribution >= 0.6 is 0 Å². The van der Waals surface area contributed by atoms with Crippen molar-refractivity contribution in [2.45, 2.75) is 37.2 Å². The highest BCUT2D eigenvalue weighted by Crippen LogP contribution is 2.59. The molecule has 5 nitrogen and oxygen atoms in total. The van der Waals surface area contributed by atoms with Crippen molar-refractivity contribution < 1.29 is 15.0 Å². The number of carbonyl (C=O) groups is 1. The van der Waals surface area contributed by atoms with Crippen molar-refractivity contribution in [2.75, 3.05) is 0 Å². The maximum Gasteiger partial charge on any atom is 0.356 e. The molecule has 3 rings (SSSR count). The Morgan fingerprint density at radius 2 is 2.27 bits per heavy atom. The van der Waals surface area contributed by atoms with Crippen LogP contribution in [0.1, 0.15) is 47.9 Å². The number of nitrogens with zero attached hydrogens (tertiary/aromatic N) is 1. The minimum atomic E-state index is -1.07. The van der Waals surface area contributed by atoms with E-state index in [1.54, 1.807) is 0 Å². The van der Waals surface area contributed by atoms with E-state index in [0.717, 1.165) is 12.1 Å². The Morgan fingerprint density at radius 3 is 2.93 bits per heavy atom. The summed E-state index contributed by atoms with van der Waals surface area (Å²) in [5.41, 5.74) is 0.226. The van der Waals surface area contributed by atoms with Gasteiger partial charge in [0.25, 0.3) is 0 Å². The van der Waals surface area contributed by atoms with Gasteiger partial charge in [-0.1, -0.05) is 6.92 Å². The van der Waals surface area contributed by atoms with Crippen LogP contribution in [0.15, 0.2) is 0 Å². The lowest BCUT2D eigenvalue weighted by molar-refractivity contribution is 0.0439. The van der Waals surface area contributed by atoms with E-state index in [-0.39, 0.29) is 11.1 Å². The van der Waals surface area contributed by atoms with Crippen molar-refractivity contribution in [2.24, 2.45) is 0 Å². The quantitative estimate of drug-likeness (QED) is 0.635. The van der Waals surface area contributed by atoms with Gasteiger partial charge < -0.3 is 10.2 Å². The number of hydrogen-bond donors (Lipinski definition) is 3. The number of fused-ring (bicyclic) bond motifs is 5. The number of hydrogen-bond acceptors (Lipinski definition) is 3. The third-order valence-electron chi connectivity index (χ3n) is 3.81. The van der Waals surface area contributed by atoms with Gasteiger partial charge in [-0.2, -0.15) is 5.10 Å². The summed E-state index contributed by atoms with van der Waals surface area (Å²) in [6.07, 6.45) is 2.14. The number of nitrogens with one attached hydrogen (secondary N) is 1. The van der Waals surface area contributed by atoms with Crippen LogP contribution in [0.5, 0.6) is 0 Å². The summed E-state index contributed by atoms with van der Waals surface area (Å²) in [6, 6.07) is 0. The number of H-pyrrole nitrogens is 1. The first-order chi connectivity index (χ1) is 6.96. The minimum Gasteiger partial charge on any atom is -0.476 e. The molecule has 2 bridgehead atoms. The van der Waals surface area contributed by atoms with E-state index >= 15 is 0 Å². The Balaban J connectivity index is 2.28. The average molecular weight is 208 g/mol. The van der Waals surface area contributed by atoms with Crippen molar-refractivity contribution in [1.29, 1.82) is 0 Å². The first-order valence-electron chi connectivity index (χ1n) is 5.01. The Hall–Kier alpha value is -1.36. The maximum absolute atomic E-state index is 11.0. The van der Waals surface area contributed by atoms with Gasteiger partial charge in [-0.05, 0) is 19.3 Å². The van der Waals surface area contributed by atoms with Gasteiger partial charge in [0.1, 0.15) is 0 Å². The highest BCUT2D eigenvalue weighted by atomic mass is 16.4. The molecule has 5 heteroatoms. The van der Waals surface area contributed by atoms with Crippen LogP contribution < -0.4 is 0 Å². The van der Waals surface area contributed by atoms with Crippen LogP contribution in [0.3, 0.4) is 0 Å². The highest BCUT2D eigenvalue weighted by molar-refractivity contribution is 5.88. The fraction of sp³-hybridized carbons (Fsp3) is 0.600. The van der Waals surface area contributed by atoms with Crippen molar-refractivity contribution in [3.05, 3.63) is 17.0 Å². The molecule has 2 unspecified atom stereocenters. The van der Waals surface area contributed by atoms with Crippen LogP contribution in [0, 0.1) is 0 Å². The SMILES string of the molecule is CC12CCC(O)(C1)c1c(C(=O)O)n[nH]c12. The van der Waals surface area contributed by atoms with Crippen molar-refractivity contribution in [3.8, 4) is 0 Å².